The molecule has 1 radical (unpaired) electrons. The molecule has 0 bridgehead atoms. The van der Waals surface area contributed by atoms with Gasteiger partial charge in [0.05, 0.1) is 0 Å². The van der Waals surface area contributed by atoms with Crippen molar-refractivity contribution in [1.82, 2.24) is 5.32 Å². The number of rotatable bonds is 4. The van der Waals surface area contributed by atoms with Gasteiger partial charge >= 0.3 is 0 Å². The quantitative estimate of drug-likeness (QED) is 0.834. The summed E-state index contributed by atoms with van der Waals surface area (Å²) in [5.41, 5.74) is 2.48. The van der Waals surface area contributed by atoms with Crippen molar-refractivity contribution in [3.8, 4) is 11.8 Å². The van der Waals surface area contributed by atoms with Crippen LogP contribution in [-0.4, -0.2) is 13.0 Å². The summed E-state index contributed by atoms with van der Waals surface area (Å²) in [7, 11) is 1.64. The third kappa shape index (κ3) is 5.63. The third-order valence-electron chi connectivity index (χ3n) is 3.61. The van der Waals surface area contributed by atoms with Crippen molar-refractivity contribution in [3.05, 3.63) is 42.3 Å². The van der Waals surface area contributed by atoms with Gasteiger partial charge in [0.15, 0.2) is 0 Å². The Morgan fingerprint density at radius 3 is 2.67 bits per heavy atom. The molecule has 0 aliphatic rings. The van der Waals surface area contributed by atoms with Gasteiger partial charge in [0.1, 0.15) is 0 Å². The van der Waals surface area contributed by atoms with Gasteiger partial charge in [-0.05, 0) is 35.4 Å². The molecule has 21 heavy (non-hydrogen) atoms. The molecule has 1 aromatic carbocycles. The Hall–Kier alpha value is -1.75. The first-order valence-electron chi connectivity index (χ1n) is 7.47. The Labute approximate surface area is 129 Å². The molecule has 2 heteroatoms. The van der Waals surface area contributed by atoms with E-state index in [0.29, 0.717) is 18.8 Å². The number of amides is 1. The molecule has 0 aromatic heterocycles. The standard InChI is InChI=1S/C19H26NO/c1-6-17(19(2,3)4)16-12-9-11-15(14-16)10-7-8-13-18(21)20-5/h9,11-12,14,17H,1,6,8,13H2,2-5H3,(H,20,21). The van der Waals surface area contributed by atoms with E-state index in [-0.39, 0.29) is 11.3 Å². The van der Waals surface area contributed by atoms with E-state index in [1.807, 2.05) is 12.1 Å². The molecular weight excluding hydrogens is 258 g/mol. The summed E-state index contributed by atoms with van der Waals surface area (Å²) in [5, 5.41) is 2.60. The van der Waals surface area contributed by atoms with Gasteiger partial charge in [0.25, 0.3) is 0 Å². The Balaban J connectivity index is 2.81. The van der Waals surface area contributed by atoms with Crippen LogP contribution in [0.5, 0.6) is 0 Å². The molecule has 113 valence electrons. The first-order valence-corrected chi connectivity index (χ1v) is 7.47. The predicted molar refractivity (Wildman–Crippen MR) is 88.8 cm³/mol. The molecule has 1 aromatic rings. The fourth-order valence-corrected chi connectivity index (χ4v) is 2.40. The lowest BCUT2D eigenvalue weighted by Crippen LogP contribution is -2.17. The van der Waals surface area contributed by atoms with Crippen LogP contribution in [0.15, 0.2) is 24.3 Å². The van der Waals surface area contributed by atoms with E-state index in [9.17, 15) is 4.79 Å². The van der Waals surface area contributed by atoms with Crippen molar-refractivity contribution < 1.29 is 4.79 Å². The third-order valence-corrected chi connectivity index (χ3v) is 3.61. The summed E-state index contributed by atoms with van der Waals surface area (Å²) in [6, 6.07) is 8.36. The second-order valence-corrected chi connectivity index (χ2v) is 6.31. The molecule has 1 atom stereocenters. The maximum Gasteiger partial charge on any atom is 0.220 e. The predicted octanol–water partition coefficient (Wildman–Crippen LogP) is 3.92. The maximum absolute atomic E-state index is 11.1. The summed E-state index contributed by atoms with van der Waals surface area (Å²) < 4.78 is 0. The molecule has 2 nitrogen and oxygen atoms in total. The molecule has 1 unspecified atom stereocenters. The van der Waals surface area contributed by atoms with Crippen LogP contribution in [0.2, 0.25) is 0 Å². The number of hydrogen-bond acceptors (Lipinski definition) is 1. The minimum atomic E-state index is 0.0305. The van der Waals surface area contributed by atoms with Crippen molar-refractivity contribution in [2.75, 3.05) is 7.05 Å². The van der Waals surface area contributed by atoms with Crippen molar-refractivity contribution in [1.29, 1.82) is 0 Å². The van der Waals surface area contributed by atoms with Gasteiger partial charge in [-0.25, -0.2) is 0 Å². The lowest BCUT2D eigenvalue weighted by atomic mass is 9.75. The van der Waals surface area contributed by atoms with Gasteiger partial charge < -0.3 is 5.32 Å². The Kier molecular flexibility index (Phi) is 6.49. The molecule has 0 spiro atoms. The first kappa shape index (κ1) is 17.3. The van der Waals surface area contributed by atoms with Crippen molar-refractivity contribution in [2.45, 2.75) is 46.0 Å². The highest BCUT2D eigenvalue weighted by Crippen LogP contribution is 2.37. The van der Waals surface area contributed by atoms with E-state index in [2.05, 4.69) is 57.0 Å². The van der Waals surface area contributed by atoms with Crippen LogP contribution in [0.4, 0.5) is 0 Å². The fraction of sp³-hybridized carbons (Fsp3) is 0.474. The smallest absolute Gasteiger partial charge is 0.220 e. The lowest BCUT2D eigenvalue weighted by Gasteiger charge is -2.30. The molecule has 1 N–H and O–H groups in total. The minimum Gasteiger partial charge on any atom is -0.359 e. The summed E-state index contributed by atoms with van der Waals surface area (Å²) in [6.45, 7) is 10.8. The van der Waals surface area contributed by atoms with Gasteiger partial charge in [-0.2, -0.15) is 0 Å². The summed E-state index contributed by atoms with van der Waals surface area (Å²) in [6.07, 6.45) is 1.91. The Bertz CT molecular complexity index is 528. The van der Waals surface area contributed by atoms with Crippen molar-refractivity contribution >= 4 is 5.91 Å². The van der Waals surface area contributed by atoms with E-state index < -0.39 is 0 Å². The number of hydrogen-bond donors (Lipinski definition) is 1. The Morgan fingerprint density at radius 2 is 2.10 bits per heavy atom. The largest absolute Gasteiger partial charge is 0.359 e. The molecule has 0 saturated carbocycles. The van der Waals surface area contributed by atoms with Gasteiger partial charge in [0, 0.05) is 25.5 Å². The molecule has 0 aliphatic carbocycles. The maximum atomic E-state index is 11.1. The van der Waals surface area contributed by atoms with Crippen LogP contribution >= 0.6 is 0 Å². The normalized spacial score (nSPS) is 12.2. The SMILES string of the molecule is [CH2]CC(c1cccc(C#CCCC(=O)NC)c1)C(C)(C)C. The highest BCUT2D eigenvalue weighted by molar-refractivity contribution is 5.75. The van der Waals surface area contributed by atoms with Crippen LogP contribution in [0.25, 0.3) is 0 Å². The van der Waals surface area contributed by atoms with Crippen LogP contribution in [0, 0.1) is 24.2 Å². The molecular formula is C19H26NO. The van der Waals surface area contributed by atoms with E-state index >= 15 is 0 Å². The van der Waals surface area contributed by atoms with Gasteiger partial charge in [-0.3, -0.25) is 4.79 Å². The Morgan fingerprint density at radius 1 is 1.38 bits per heavy atom. The number of carbonyl (C=O) groups excluding carboxylic acids is 1. The van der Waals surface area contributed by atoms with Crippen LogP contribution in [0.1, 0.15) is 57.1 Å². The summed E-state index contributed by atoms with van der Waals surface area (Å²) >= 11 is 0. The molecule has 0 fully saturated rings. The second-order valence-electron chi connectivity index (χ2n) is 6.31. The molecule has 0 heterocycles. The van der Waals surface area contributed by atoms with E-state index in [1.54, 1.807) is 7.05 Å². The number of nitrogens with one attached hydrogen (secondary N) is 1. The first-order chi connectivity index (χ1) is 9.88. The van der Waals surface area contributed by atoms with E-state index in [1.165, 1.54) is 5.56 Å². The topological polar surface area (TPSA) is 29.1 Å². The van der Waals surface area contributed by atoms with Gasteiger partial charge in [-0.1, -0.05) is 51.7 Å². The van der Waals surface area contributed by atoms with E-state index in [4.69, 9.17) is 0 Å². The van der Waals surface area contributed by atoms with Crippen LogP contribution in [0.3, 0.4) is 0 Å². The number of benzene rings is 1. The lowest BCUT2D eigenvalue weighted by molar-refractivity contribution is -0.120. The van der Waals surface area contributed by atoms with Crippen LogP contribution < -0.4 is 5.32 Å². The highest BCUT2D eigenvalue weighted by Gasteiger charge is 2.24. The second kappa shape index (κ2) is 7.88. The van der Waals surface area contributed by atoms with E-state index in [0.717, 1.165) is 12.0 Å². The molecule has 1 amide bonds. The van der Waals surface area contributed by atoms with Crippen molar-refractivity contribution in [3.63, 3.8) is 0 Å². The fourth-order valence-electron chi connectivity index (χ4n) is 2.40. The minimum absolute atomic E-state index is 0.0305. The zero-order chi connectivity index (χ0) is 15.9. The molecule has 0 saturated heterocycles. The highest BCUT2D eigenvalue weighted by atomic mass is 16.1. The molecule has 0 aliphatic heterocycles. The summed E-state index contributed by atoms with van der Waals surface area (Å²) in [5.74, 6) is 6.66. The van der Waals surface area contributed by atoms with Gasteiger partial charge in [0.2, 0.25) is 5.91 Å². The monoisotopic (exact) mass is 284 g/mol. The molecule has 1 rings (SSSR count). The zero-order valence-corrected chi connectivity index (χ0v) is 13.6. The summed E-state index contributed by atoms with van der Waals surface area (Å²) in [4.78, 5) is 11.1. The van der Waals surface area contributed by atoms with Crippen molar-refractivity contribution in [2.24, 2.45) is 5.41 Å². The number of carbonyl (C=O) groups is 1. The zero-order valence-electron chi connectivity index (χ0n) is 13.6. The average molecular weight is 284 g/mol. The van der Waals surface area contributed by atoms with Crippen LogP contribution in [-0.2, 0) is 4.79 Å². The average Bonchev–Trinajstić information content (AvgIpc) is 2.43. The van der Waals surface area contributed by atoms with Gasteiger partial charge in [-0.15, -0.1) is 0 Å².